The fraction of sp³-hybridized carbons (Fsp3) is 0.167. The highest BCUT2D eigenvalue weighted by atomic mass is 79.9. The molecule has 0 amide bonds. The Bertz CT molecular complexity index is 763. The van der Waals surface area contributed by atoms with Gasteiger partial charge in [0.25, 0.3) is 11.2 Å². The minimum atomic E-state index is -0.570. The monoisotopic (exact) mass is 372 g/mol. The van der Waals surface area contributed by atoms with Gasteiger partial charge in [-0.25, -0.2) is 4.98 Å². The number of nitrogens with zero attached hydrogens (tertiary/aromatic N) is 3. The van der Waals surface area contributed by atoms with Crippen LogP contribution in [0.5, 0.6) is 0 Å². The van der Waals surface area contributed by atoms with E-state index in [2.05, 4.69) is 26.2 Å². The summed E-state index contributed by atoms with van der Waals surface area (Å²) >= 11 is 9.07. The number of nitro groups is 1. The predicted octanol–water partition coefficient (Wildman–Crippen LogP) is 2.66. The average molecular weight is 374 g/mol. The van der Waals surface area contributed by atoms with Crippen molar-refractivity contribution in [2.45, 2.75) is 6.54 Å². The van der Waals surface area contributed by atoms with Crippen molar-refractivity contribution in [3.8, 4) is 0 Å². The van der Waals surface area contributed by atoms with E-state index >= 15 is 0 Å². The molecule has 0 saturated carbocycles. The third-order valence-electron chi connectivity index (χ3n) is 2.73. The van der Waals surface area contributed by atoms with E-state index in [9.17, 15) is 14.9 Å². The van der Waals surface area contributed by atoms with Crippen LogP contribution in [0.4, 0.5) is 11.5 Å². The maximum Gasteiger partial charge on any atom is 0.286 e. The zero-order valence-corrected chi connectivity index (χ0v) is 13.2. The lowest BCUT2D eigenvalue weighted by molar-refractivity contribution is -0.385. The topological polar surface area (TPSA) is 90.1 Å². The van der Waals surface area contributed by atoms with Gasteiger partial charge in [0.05, 0.1) is 32.9 Å². The first-order valence-corrected chi connectivity index (χ1v) is 6.97. The van der Waals surface area contributed by atoms with E-state index in [-0.39, 0.29) is 16.7 Å². The lowest BCUT2D eigenvalue weighted by Gasteiger charge is -2.09. The van der Waals surface area contributed by atoms with Crippen molar-refractivity contribution in [1.29, 1.82) is 0 Å². The zero-order valence-electron chi connectivity index (χ0n) is 10.8. The van der Waals surface area contributed by atoms with E-state index in [4.69, 9.17) is 11.6 Å². The summed E-state index contributed by atoms with van der Waals surface area (Å²) in [5.41, 5.74) is -0.145. The fourth-order valence-electron chi connectivity index (χ4n) is 1.70. The molecule has 0 radical (unpaired) electrons. The van der Waals surface area contributed by atoms with Crippen LogP contribution >= 0.6 is 27.5 Å². The van der Waals surface area contributed by atoms with Crippen molar-refractivity contribution in [3.05, 3.63) is 60.1 Å². The van der Waals surface area contributed by atoms with Crippen LogP contribution in [0.25, 0.3) is 0 Å². The molecule has 2 rings (SSSR count). The molecule has 7 nitrogen and oxygen atoms in total. The normalized spacial score (nSPS) is 10.4. The van der Waals surface area contributed by atoms with Crippen molar-refractivity contribution in [3.63, 3.8) is 0 Å². The third-order valence-corrected chi connectivity index (χ3v) is 3.65. The number of aromatic nitrogens is 2. The van der Waals surface area contributed by atoms with Gasteiger partial charge in [-0.3, -0.25) is 14.9 Å². The number of nitrogens with one attached hydrogen (secondary N) is 1. The van der Waals surface area contributed by atoms with Gasteiger partial charge < -0.3 is 9.88 Å². The standard InChI is InChI=1S/C12H10BrClN4O3/c1-15-11-3-2-9(14)10(16-11)6-17-5-7(18(20)21)4-8(13)12(17)19/h2-5H,6H2,1H3,(H,15,16). The van der Waals surface area contributed by atoms with Gasteiger partial charge in [-0.2, -0.15) is 0 Å². The number of hydrogen-bond donors (Lipinski definition) is 1. The molecule has 1 N–H and O–H groups in total. The highest BCUT2D eigenvalue weighted by Gasteiger charge is 2.14. The van der Waals surface area contributed by atoms with Gasteiger partial charge in [0, 0.05) is 13.1 Å². The Morgan fingerprint density at radius 2 is 2.24 bits per heavy atom. The molecular formula is C12H10BrClN4O3. The molecule has 0 bridgehead atoms. The van der Waals surface area contributed by atoms with Crippen molar-refractivity contribution < 1.29 is 4.92 Å². The fourth-order valence-corrected chi connectivity index (χ4v) is 2.32. The summed E-state index contributed by atoms with van der Waals surface area (Å²) in [6, 6.07) is 4.50. The largest absolute Gasteiger partial charge is 0.373 e. The average Bonchev–Trinajstić information content (AvgIpc) is 2.45. The summed E-state index contributed by atoms with van der Waals surface area (Å²) < 4.78 is 1.30. The van der Waals surface area contributed by atoms with Gasteiger partial charge in [-0.1, -0.05) is 11.6 Å². The van der Waals surface area contributed by atoms with Gasteiger partial charge >= 0.3 is 0 Å². The summed E-state index contributed by atoms with van der Waals surface area (Å²) in [6.07, 6.45) is 1.16. The summed E-state index contributed by atoms with van der Waals surface area (Å²) in [5.74, 6) is 0.590. The van der Waals surface area contributed by atoms with Crippen molar-refractivity contribution in [1.82, 2.24) is 9.55 Å². The van der Waals surface area contributed by atoms with Crippen LogP contribution in [0, 0.1) is 10.1 Å². The quantitative estimate of drug-likeness (QED) is 0.657. The van der Waals surface area contributed by atoms with Crippen molar-refractivity contribution >= 4 is 39.0 Å². The first-order valence-electron chi connectivity index (χ1n) is 5.80. The molecule has 0 aliphatic rings. The van der Waals surface area contributed by atoms with Gasteiger partial charge in [0.2, 0.25) is 0 Å². The van der Waals surface area contributed by atoms with E-state index in [1.165, 1.54) is 4.57 Å². The van der Waals surface area contributed by atoms with Crippen molar-refractivity contribution in [2.24, 2.45) is 0 Å². The number of halogens is 2. The van der Waals surface area contributed by atoms with Crippen LogP contribution in [0.3, 0.4) is 0 Å². The molecular weight excluding hydrogens is 364 g/mol. The number of pyridine rings is 2. The first kappa shape index (κ1) is 15.5. The molecule has 0 atom stereocenters. The molecule has 2 aromatic heterocycles. The Labute approximate surface area is 132 Å². The number of hydrogen-bond acceptors (Lipinski definition) is 5. The second-order valence-electron chi connectivity index (χ2n) is 4.11. The Morgan fingerprint density at radius 3 is 2.86 bits per heavy atom. The lowest BCUT2D eigenvalue weighted by Crippen LogP contribution is -2.22. The van der Waals surface area contributed by atoms with Gasteiger partial charge in [0.1, 0.15) is 5.82 Å². The Hall–Kier alpha value is -1.93. The van der Waals surface area contributed by atoms with Gasteiger partial charge in [-0.05, 0) is 28.1 Å². The van der Waals surface area contributed by atoms with Crippen LogP contribution in [-0.2, 0) is 6.54 Å². The van der Waals surface area contributed by atoms with E-state index in [1.807, 2.05) is 0 Å². The molecule has 0 saturated heterocycles. The van der Waals surface area contributed by atoms with Crippen LogP contribution in [-0.4, -0.2) is 21.5 Å². The van der Waals surface area contributed by atoms with Gasteiger partial charge in [0.15, 0.2) is 0 Å². The van der Waals surface area contributed by atoms with E-state index < -0.39 is 10.5 Å². The molecule has 2 aromatic rings. The Morgan fingerprint density at radius 1 is 1.52 bits per heavy atom. The van der Waals surface area contributed by atoms with E-state index in [0.29, 0.717) is 16.5 Å². The maximum atomic E-state index is 12.0. The molecule has 0 unspecified atom stereocenters. The number of anilines is 1. The first-order chi connectivity index (χ1) is 9.92. The molecule has 0 aliphatic heterocycles. The Balaban J connectivity index is 2.48. The highest BCUT2D eigenvalue weighted by Crippen LogP contribution is 2.19. The van der Waals surface area contributed by atoms with E-state index in [0.717, 1.165) is 12.3 Å². The molecule has 0 aromatic carbocycles. The smallest absolute Gasteiger partial charge is 0.286 e. The second-order valence-corrected chi connectivity index (χ2v) is 5.37. The summed E-state index contributed by atoms with van der Waals surface area (Å²) in [7, 11) is 1.70. The Kier molecular flexibility index (Phi) is 4.59. The minimum Gasteiger partial charge on any atom is -0.373 e. The van der Waals surface area contributed by atoms with E-state index in [1.54, 1.807) is 19.2 Å². The predicted molar refractivity (Wildman–Crippen MR) is 83.0 cm³/mol. The SMILES string of the molecule is CNc1ccc(Cl)c(Cn2cc([N+](=O)[O-])cc(Br)c2=O)n1. The van der Waals surface area contributed by atoms with Crippen molar-refractivity contribution in [2.75, 3.05) is 12.4 Å². The summed E-state index contributed by atoms with van der Waals surface area (Å²) in [5, 5.41) is 14.1. The molecule has 9 heteroatoms. The molecule has 2 heterocycles. The van der Waals surface area contributed by atoms with Gasteiger partial charge in [-0.15, -0.1) is 0 Å². The molecule has 0 fully saturated rings. The second kappa shape index (κ2) is 6.23. The highest BCUT2D eigenvalue weighted by molar-refractivity contribution is 9.10. The lowest BCUT2D eigenvalue weighted by atomic mass is 10.3. The molecule has 110 valence electrons. The summed E-state index contributed by atoms with van der Waals surface area (Å²) in [6.45, 7) is 0.0352. The molecule has 0 aliphatic carbocycles. The maximum absolute atomic E-state index is 12.0. The van der Waals surface area contributed by atoms with Crippen LogP contribution in [0.1, 0.15) is 5.69 Å². The third kappa shape index (κ3) is 3.40. The number of rotatable bonds is 4. The molecule has 21 heavy (non-hydrogen) atoms. The van der Waals surface area contributed by atoms with Crippen LogP contribution in [0.2, 0.25) is 5.02 Å². The van der Waals surface area contributed by atoms with Crippen LogP contribution < -0.4 is 10.9 Å². The summed E-state index contributed by atoms with van der Waals surface area (Å²) in [4.78, 5) is 26.5. The zero-order chi connectivity index (χ0) is 15.6. The minimum absolute atomic E-state index is 0.0352. The van der Waals surface area contributed by atoms with Crippen LogP contribution in [0.15, 0.2) is 33.7 Å². The molecule has 0 spiro atoms.